The molecule has 0 radical (unpaired) electrons. The fraction of sp³-hybridized carbons (Fsp3) is 0.727. The summed E-state index contributed by atoms with van der Waals surface area (Å²) >= 11 is 0. The third-order valence-electron chi connectivity index (χ3n) is 4.40. The lowest BCUT2D eigenvalue weighted by molar-refractivity contribution is -0.139. The van der Waals surface area contributed by atoms with E-state index in [9.17, 15) is 9.59 Å². The molecule has 0 aliphatic heterocycles. The van der Waals surface area contributed by atoms with Gasteiger partial charge in [-0.15, -0.1) is 0 Å². The Hall–Kier alpha value is -1.22. The first-order valence-electron chi connectivity index (χ1n) is 9.63. The monoisotopic (exact) mass is 350 g/mol. The number of rotatable bonds is 14. The third-order valence-corrected chi connectivity index (χ3v) is 4.40. The highest BCUT2D eigenvalue weighted by Crippen LogP contribution is 2.18. The first kappa shape index (κ1) is 23.8. The third kappa shape index (κ3) is 13.7. The molecule has 3 atom stereocenters. The minimum Gasteiger partial charge on any atom is -0.370 e. The summed E-state index contributed by atoms with van der Waals surface area (Å²) in [6, 6.07) is 0. The number of carbonyl (C=O) groups is 2. The number of Topliss-reactive ketones (excluding diaryl/α,β-unsaturated/α-hetero) is 1. The van der Waals surface area contributed by atoms with Crippen molar-refractivity contribution in [2.75, 3.05) is 6.61 Å². The van der Waals surface area contributed by atoms with Crippen molar-refractivity contribution in [2.45, 2.75) is 86.2 Å². The van der Waals surface area contributed by atoms with E-state index >= 15 is 0 Å². The van der Waals surface area contributed by atoms with Crippen LogP contribution in [0.3, 0.4) is 0 Å². The molecule has 3 heteroatoms. The van der Waals surface area contributed by atoms with E-state index in [1.165, 1.54) is 11.1 Å². The number of hydrogen-bond acceptors (Lipinski definition) is 3. The lowest BCUT2D eigenvalue weighted by atomic mass is 9.96. The summed E-state index contributed by atoms with van der Waals surface area (Å²) in [5.41, 5.74) is 2.66. The summed E-state index contributed by atoms with van der Waals surface area (Å²) in [6.07, 6.45) is 10.1. The van der Waals surface area contributed by atoms with Gasteiger partial charge in [-0.2, -0.15) is 0 Å². The van der Waals surface area contributed by atoms with Gasteiger partial charge in [-0.1, -0.05) is 37.1 Å². The number of allylic oxidation sites excluding steroid dienone is 4. The van der Waals surface area contributed by atoms with Gasteiger partial charge in [0, 0.05) is 6.61 Å². The zero-order valence-corrected chi connectivity index (χ0v) is 17.1. The molecule has 0 bridgehead atoms. The molecule has 0 spiro atoms. The molecule has 3 unspecified atom stereocenters. The summed E-state index contributed by atoms with van der Waals surface area (Å²) in [4.78, 5) is 22.7. The van der Waals surface area contributed by atoms with E-state index in [1.54, 1.807) is 0 Å². The minimum atomic E-state index is -0.579. The van der Waals surface area contributed by atoms with Crippen LogP contribution < -0.4 is 0 Å². The average molecular weight is 351 g/mol. The van der Waals surface area contributed by atoms with Crippen LogP contribution in [-0.2, 0) is 14.3 Å². The number of aldehydes is 1. The standard InChI is InChI=1S/C22H38O3/c1-17(2)9-7-11-19(5)13-14-25-22(21(24)16-23)15-20(6)12-8-10-18(3)4/h9-10,16,19-20,22H,7-8,11-15H2,1-6H3. The van der Waals surface area contributed by atoms with E-state index in [4.69, 9.17) is 4.74 Å². The maximum absolute atomic E-state index is 11.8. The second-order valence-corrected chi connectivity index (χ2v) is 7.83. The second-order valence-electron chi connectivity index (χ2n) is 7.83. The van der Waals surface area contributed by atoms with Crippen molar-refractivity contribution in [3.05, 3.63) is 23.3 Å². The van der Waals surface area contributed by atoms with Crippen LogP contribution in [0.25, 0.3) is 0 Å². The second kappa shape index (κ2) is 14.0. The molecular formula is C22H38O3. The molecule has 0 amide bonds. The Balaban J connectivity index is 4.27. The highest BCUT2D eigenvalue weighted by Gasteiger charge is 2.21. The van der Waals surface area contributed by atoms with Gasteiger partial charge in [0.2, 0.25) is 5.78 Å². The van der Waals surface area contributed by atoms with Crippen molar-refractivity contribution in [3.8, 4) is 0 Å². The topological polar surface area (TPSA) is 43.4 Å². The normalized spacial score (nSPS) is 14.3. The predicted octanol–water partition coefficient (Wildman–Crippen LogP) is 5.68. The fourth-order valence-electron chi connectivity index (χ4n) is 2.69. The van der Waals surface area contributed by atoms with Crippen LogP contribution in [0.1, 0.15) is 80.1 Å². The van der Waals surface area contributed by atoms with Gasteiger partial charge in [0.25, 0.3) is 0 Å². The number of hydrogen-bond donors (Lipinski definition) is 0. The van der Waals surface area contributed by atoms with Crippen molar-refractivity contribution in [1.82, 2.24) is 0 Å². The Bertz CT molecular complexity index is 440. The van der Waals surface area contributed by atoms with Crippen LogP contribution in [0.2, 0.25) is 0 Å². The van der Waals surface area contributed by atoms with E-state index in [0.29, 0.717) is 31.1 Å². The van der Waals surface area contributed by atoms with Gasteiger partial charge >= 0.3 is 0 Å². The summed E-state index contributed by atoms with van der Waals surface area (Å²) in [5.74, 6) is 0.489. The quantitative estimate of drug-likeness (QED) is 0.230. The SMILES string of the molecule is CC(C)=CCCC(C)CCOC(CC(C)CCC=C(C)C)C(=O)C=O. The van der Waals surface area contributed by atoms with E-state index in [0.717, 1.165) is 32.1 Å². The highest BCUT2D eigenvalue weighted by molar-refractivity contribution is 6.27. The first-order chi connectivity index (χ1) is 11.8. The molecule has 0 saturated heterocycles. The van der Waals surface area contributed by atoms with Crippen molar-refractivity contribution >= 4 is 12.1 Å². The molecule has 0 aromatic heterocycles. The Labute approximate surface area is 154 Å². The molecule has 0 heterocycles. The smallest absolute Gasteiger partial charge is 0.223 e. The van der Waals surface area contributed by atoms with E-state index < -0.39 is 11.9 Å². The van der Waals surface area contributed by atoms with Crippen molar-refractivity contribution < 1.29 is 14.3 Å². The van der Waals surface area contributed by atoms with Crippen molar-refractivity contribution in [2.24, 2.45) is 11.8 Å². The minimum absolute atomic E-state index is 0.361. The molecule has 3 nitrogen and oxygen atoms in total. The van der Waals surface area contributed by atoms with E-state index in [-0.39, 0.29) is 0 Å². The van der Waals surface area contributed by atoms with Gasteiger partial charge in [-0.05, 0) is 78.1 Å². The van der Waals surface area contributed by atoms with E-state index in [2.05, 4.69) is 53.7 Å². The highest BCUT2D eigenvalue weighted by atomic mass is 16.5. The lowest BCUT2D eigenvalue weighted by Crippen LogP contribution is -2.28. The Morgan fingerprint density at radius 2 is 1.40 bits per heavy atom. The van der Waals surface area contributed by atoms with Gasteiger partial charge in [0.15, 0.2) is 6.29 Å². The van der Waals surface area contributed by atoms with Crippen LogP contribution in [0.4, 0.5) is 0 Å². The van der Waals surface area contributed by atoms with Gasteiger partial charge in [-0.25, -0.2) is 0 Å². The van der Waals surface area contributed by atoms with Crippen LogP contribution in [0.5, 0.6) is 0 Å². The van der Waals surface area contributed by atoms with E-state index in [1.807, 2.05) is 0 Å². The summed E-state index contributed by atoms with van der Waals surface area (Å²) in [6.45, 7) is 13.3. The first-order valence-corrected chi connectivity index (χ1v) is 9.63. The summed E-state index contributed by atoms with van der Waals surface area (Å²) < 4.78 is 5.78. The summed E-state index contributed by atoms with van der Waals surface area (Å²) in [7, 11) is 0. The Morgan fingerprint density at radius 3 is 1.88 bits per heavy atom. The molecule has 0 aromatic rings. The predicted molar refractivity (Wildman–Crippen MR) is 106 cm³/mol. The Morgan fingerprint density at radius 1 is 0.880 bits per heavy atom. The average Bonchev–Trinajstić information content (AvgIpc) is 2.52. The molecule has 0 rings (SSSR count). The van der Waals surface area contributed by atoms with Crippen molar-refractivity contribution in [1.29, 1.82) is 0 Å². The molecule has 0 aliphatic rings. The Kier molecular flexibility index (Phi) is 13.3. The molecule has 0 aliphatic carbocycles. The van der Waals surface area contributed by atoms with Crippen molar-refractivity contribution in [3.63, 3.8) is 0 Å². The molecule has 0 fully saturated rings. The maximum atomic E-state index is 11.8. The lowest BCUT2D eigenvalue weighted by Gasteiger charge is -2.20. The largest absolute Gasteiger partial charge is 0.370 e. The molecule has 25 heavy (non-hydrogen) atoms. The number of carbonyl (C=O) groups excluding carboxylic acids is 2. The van der Waals surface area contributed by atoms with Crippen LogP contribution in [0.15, 0.2) is 23.3 Å². The molecule has 0 aromatic carbocycles. The summed E-state index contributed by atoms with van der Waals surface area (Å²) in [5, 5.41) is 0. The van der Waals surface area contributed by atoms with Gasteiger partial charge in [-0.3, -0.25) is 9.59 Å². The molecular weight excluding hydrogens is 312 g/mol. The maximum Gasteiger partial charge on any atom is 0.223 e. The van der Waals surface area contributed by atoms with Crippen LogP contribution >= 0.6 is 0 Å². The number of ketones is 1. The van der Waals surface area contributed by atoms with Crippen LogP contribution in [-0.4, -0.2) is 24.8 Å². The zero-order chi connectivity index (χ0) is 19.2. The van der Waals surface area contributed by atoms with Crippen LogP contribution in [0, 0.1) is 11.8 Å². The zero-order valence-electron chi connectivity index (χ0n) is 17.1. The molecule has 0 saturated carbocycles. The number of ether oxygens (including phenoxy) is 1. The molecule has 144 valence electrons. The van der Waals surface area contributed by atoms with Gasteiger partial charge < -0.3 is 4.74 Å². The van der Waals surface area contributed by atoms with Gasteiger partial charge in [0.1, 0.15) is 6.10 Å². The molecule has 0 N–H and O–H groups in total. The van der Waals surface area contributed by atoms with Gasteiger partial charge in [0.05, 0.1) is 0 Å². The fourth-order valence-corrected chi connectivity index (χ4v) is 2.69.